The summed E-state index contributed by atoms with van der Waals surface area (Å²) in [4.78, 5) is 24.3. The molecular formula is C17H16N4O4. The third kappa shape index (κ3) is 3.92. The highest BCUT2D eigenvalue weighted by molar-refractivity contribution is 6.00. The highest BCUT2D eigenvalue weighted by Crippen LogP contribution is 2.19. The number of aryl methyl sites for hydroxylation is 1. The molecule has 1 atom stereocenters. The lowest BCUT2D eigenvalue weighted by molar-refractivity contribution is -0.117. The lowest BCUT2D eigenvalue weighted by Gasteiger charge is -2.11. The monoisotopic (exact) mass is 340 g/mol. The zero-order valence-corrected chi connectivity index (χ0v) is 13.6. The molecule has 0 unspecified atom stereocenters. The maximum atomic E-state index is 12.2. The summed E-state index contributed by atoms with van der Waals surface area (Å²) in [6.07, 6.45) is 0. The van der Waals surface area contributed by atoms with Crippen LogP contribution in [-0.2, 0) is 4.79 Å². The van der Waals surface area contributed by atoms with E-state index >= 15 is 0 Å². The molecule has 0 aliphatic heterocycles. The molecular weight excluding hydrogens is 324 g/mol. The van der Waals surface area contributed by atoms with Crippen LogP contribution in [0.3, 0.4) is 0 Å². The normalized spacial score (nSPS) is 11.8. The second-order valence-electron chi connectivity index (χ2n) is 5.45. The van der Waals surface area contributed by atoms with Crippen LogP contribution in [0.2, 0.25) is 0 Å². The minimum Gasteiger partial charge on any atom is -0.360 e. The summed E-state index contributed by atoms with van der Waals surface area (Å²) in [7, 11) is 0. The number of rotatable bonds is 5. The SMILES string of the molecule is Cc1cc(NC(=O)[C@H](C)NC(=O)c2cc(-c3ccccc3)on2)no1. The fourth-order valence-electron chi connectivity index (χ4n) is 2.12. The van der Waals surface area contributed by atoms with Crippen molar-refractivity contribution in [3.8, 4) is 11.3 Å². The van der Waals surface area contributed by atoms with Crippen molar-refractivity contribution in [3.63, 3.8) is 0 Å². The smallest absolute Gasteiger partial charge is 0.274 e. The summed E-state index contributed by atoms with van der Waals surface area (Å²) >= 11 is 0. The lowest BCUT2D eigenvalue weighted by Crippen LogP contribution is -2.41. The van der Waals surface area contributed by atoms with Crippen molar-refractivity contribution in [1.29, 1.82) is 0 Å². The molecule has 0 aliphatic rings. The third-order valence-corrected chi connectivity index (χ3v) is 3.42. The molecule has 25 heavy (non-hydrogen) atoms. The number of aromatic nitrogens is 2. The van der Waals surface area contributed by atoms with Gasteiger partial charge in [0.25, 0.3) is 5.91 Å². The quantitative estimate of drug-likeness (QED) is 0.738. The molecule has 3 rings (SSSR count). The number of carbonyl (C=O) groups excluding carboxylic acids is 2. The van der Waals surface area contributed by atoms with Gasteiger partial charge in [0.2, 0.25) is 5.91 Å². The van der Waals surface area contributed by atoms with Crippen molar-refractivity contribution < 1.29 is 18.6 Å². The van der Waals surface area contributed by atoms with Gasteiger partial charge in [-0.2, -0.15) is 0 Å². The molecule has 0 radical (unpaired) electrons. The predicted octanol–water partition coefficient (Wildman–Crippen LogP) is 2.40. The van der Waals surface area contributed by atoms with Crippen LogP contribution in [0.1, 0.15) is 23.2 Å². The Morgan fingerprint density at radius 3 is 2.52 bits per heavy atom. The number of amides is 2. The van der Waals surface area contributed by atoms with Crippen LogP contribution in [-0.4, -0.2) is 28.2 Å². The fraction of sp³-hybridized carbons (Fsp3) is 0.176. The number of hydrogen-bond acceptors (Lipinski definition) is 6. The Morgan fingerprint density at radius 2 is 1.84 bits per heavy atom. The first-order valence-corrected chi connectivity index (χ1v) is 7.60. The van der Waals surface area contributed by atoms with Gasteiger partial charge in [0.05, 0.1) is 0 Å². The zero-order chi connectivity index (χ0) is 17.8. The molecule has 2 heterocycles. The number of nitrogens with one attached hydrogen (secondary N) is 2. The van der Waals surface area contributed by atoms with E-state index in [1.54, 1.807) is 19.9 Å². The Morgan fingerprint density at radius 1 is 1.08 bits per heavy atom. The van der Waals surface area contributed by atoms with Crippen molar-refractivity contribution in [2.75, 3.05) is 5.32 Å². The number of carbonyl (C=O) groups is 2. The van der Waals surface area contributed by atoms with E-state index in [0.29, 0.717) is 11.5 Å². The first-order valence-electron chi connectivity index (χ1n) is 7.60. The van der Waals surface area contributed by atoms with E-state index < -0.39 is 17.9 Å². The van der Waals surface area contributed by atoms with Crippen molar-refractivity contribution in [1.82, 2.24) is 15.6 Å². The first-order chi connectivity index (χ1) is 12.0. The van der Waals surface area contributed by atoms with Gasteiger partial charge in [0, 0.05) is 17.7 Å². The Balaban J connectivity index is 1.62. The van der Waals surface area contributed by atoms with E-state index in [9.17, 15) is 9.59 Å². The van der Waals surface area contributed by atoms with E-state index in [1.165, 1.54) is 6.07 Å². The molecule has 0 spiro atoms. The molecule has 8 nitrogen and oxygen atoms in total. The Hall–Kier alpha value is -3.42. The molecule has 8 heteroatoms. The second kappa shape index (κ2) is 7.00. The second-order valence-corrected chi connectivity index (χ2v) is 5.45. The number of hydrogen-bond donors (Lipinski definition) is 2. The highest BCUT2D eigenvalue weighted by atomic mass is 16.5. The van der Waals surface area contributed by atoms with Gasteiger partial charge in [0.15, 0.2) is 17.3 Å². The van der Waals surface area contributed by atoms with Crippen LogP contribution in [0.15, 0.2) is 51.5 Å². The lowest BCUT2D eigenvalue weighted by atomic mass is 10.1. The minimum absolute atomic E-state index is 0.0933. The van der Waals surface area contributed by atoms with Crippen LogP contribution in [0.4, 0.5) is 5.82 Å². The summed E-state index contributed by atoms with van der Waals surface area (Å²) in [6.45, 7) is 3.26. The van der Waals surface area contributed by atoms with Gasteiger partial charge < -0.3 is 19.7 Å². The maximum Gasteiger partial charge on any atom is 0.274 e. The number of benzene rings is 1. The van der Waals surface area contributed by atoms with Crippen molar-refractivity contribution in [2.24, 2.45) is 0 Å². The van der Waals surface area contributed by atoms with Gasteiger partial charge >= 0.3 is 0 Å². The summed E-state index contributed by atoms with van der Waals surface area (Å²) < 4.78 is 10.0. The van der Waals surface area contributed by atoms with Crippen LogP contribution in [0.25, 0.3) is 11.3 Å². The number of anilines is 1. The topological polar surface area (TPSA) is 110 Å². The maximum absolute atomic E-state index is 12.2. The van der Waals surface area contributed by atoms with E-state index in [1.807, 2.05) is 30.3 Å². The molecule has 0 saturated heterocycles. The molecule has 2 aromatic heterocycles. The van der Waals surface area contributed by atoms with Crippen LogP contribution >= 0.6 is 0 Å². The van der Waals surface area contributed by atoms with Crippen molar-refractivity contribution in [3.05, 3.63) is 53.9 Å². The summed E-state index contributed by atoms with van der Waals surface area (Å²) in [6, 6.07) is 11.6. The molecule has 2 amide bonds. The molecule has 0 fully saturated rings. The van der Waals surface area contributed by atoms with Crippen LogP contribution in [0.5, 0.6) is 0 Å². The number of nitrogens with zero attached hydrogens (tertiary/aromatic N) is 2. The van der Waals surface area contributed by atoms with E-state index in [0.717, 1.165) is 5.56 Å². The standard InChI is InChI=1S/C17H16N4O4/c1-10-8-15(21-24-10)19-16(22)11(2)18-17(23)13-9-14(25-20-13)12-6-4-3-5-7-12/h3-9,11H,1-2H3,(H,18,23)(H,19,21,22)/t11-/m0/s1. The molecule has 2 N–H and O–H groups in total. The van der Waals surface area contributed by atoms with E-state index in [2.05, 4.69) is 20.9 Å². The Kier molecular flexibility index (Phi) is 4.60. The van der Waals surface area contributed by atoms with Crippen LogP contribution in [0, 0.1) is 6.92 Å². The molecule has 0 saturated carbocycles. The molecule has 3 aromatic rings. The van der Waals surface area contributed by atoms with Gasteiger partial charge in [-0.3, -0.25) is 9.59 Å². The molecule has 128 valence electrons. The largest absolute Gasteiger partial charge is 0.360 e. The summed E-state index contributed by atoms with van der Waals surface area (Å²) in [5.41, 5.74) is 0.900. The third-order valence-electron chi connectivity index (χ3n) is 3.42. The van der Waals surface area contributed by atoms with Gasteiger partial charge in [-0.1, -0.05) is 40.6 Å². The average Bonchev–Trinajstić information content (AvgIpc) is 3.25. The van der Waals surface area contributed by atoms with Gasteiger partial charge in [-0.15, -0.1) is 0 Å². The van der Waals surface area contributed by atoms with E-state index in [-0.39, 0.29) is 11.5 Å². The van der Waals surface area contributed by atoms with E-state index in [4.69, 9.17) is 9.05 Å². The molecule has 0 bridgehead atoms. The van der Waals surface area contributed by atoms with Crippen molar-refractivity contribution in [2.45, 2.75) is 19.9 Å². The Labute approximate surface area is 143 Å². The Bertz CT molecular complexity index is 885. The van der Waals surface area contributed by atoms with Crippen molar-refractivity contribution >= 4 is 17.6 Å². The van der Waals surface area contributed by atoms with Gasteiger partial charge in [-0.25, -0.2) is 0 Å². The van der Waals surface area contributed by atoms with Gasteiger partial charge in [0.1, 0.15) is 11.8 Å². The predicted molar refractivity (Wildman–Crippen MR) is 88.7 cm³/mol. The highest BCUT2D eigenvalue weighted by Gasteiger charge is 2.20. The average molecular weight is 340 g/mol. The minimum atomic E-state index is -0.790. The fourth-order valence-corrected chi connectivity index (χ4v) is 2.12. The summed E-state index contributed by atoms with van der Waals surface area (Å²) in [5, 5.41) is 12.5. The zero-order valence-electron chi connectivity index (χ0n) is 13.6. The van der Waals surface area contributed by atoms with Gasteiger partial charge in [-0.05, 0) is 13.8 Å². The van der Waals surface area contributed by atoms with Crippen LogP contribution < -0.4 is 10.6 Å². The first kappa shape index (κ1) is 16.4. The molecule has 1 aromatic carbocycles. The molecule has 0 aliphatic carbocycles. The summed E-state index contributed by atoms with van der Waals surface area (Å²) in [5.74, 6) is 0.402.